The highest BCUT2D eigenvalue weighted by molar-refractivity contribution is 5.90. The second kappa shape index (κ2) is 24.2. The zero-order valence-electron chi connectivity index (χ0n) is 43.0. The van der Waals surface area contributed by atoms with Crippen LogP contribution < -0.4 is 4.90 Å². The molecule has 1 aliphatic carbocycles. The van der Waals surface area contributed by atoms with Crippen LogP contribution in [0.3, 0.4) is 0 Å². The molecule has 4 aromatic rings. The van der Waals surface area contributed by atoms with Crippen LogP contribution in [0, 0.1) is 39.4 Å². The normalized spacial score (nSPS) is 17.4. The first-order valence-electron chi connectivity index (χ1n) is 24.2. The number of esters is 2. The fraction of sp³-hybridized carbons (Fsp3) is 0.293. The van der Waals surface area contributed by atoms with Crippen molar-refractivity contribution in [2.45, 2.75) is 76.5 Å². The van der Waals surface area contributed by atoms with Crippen molar-refractivity contribution in [3.05, 3.63) is 199 Å². The quantitative estimate of drug-likeness (QED) is 0.0647. The zero-order chi connectivity index (χ0) is 60.8. The molecule has 0 saturated carbocycles. The second-order valence-electron chi connectivity index (χ2n) is 19.2. The highest BCUT2D eigenvalue weighted by atomic mass is 19.4. The van der Waals surface area contributed by atoms with Crippen LogP contribution in [-0.2, 0) is 44.5 Å². The van der Waals surface area contributed by atoms with Gasteiger partial charge in [-0.1, -0.05) is 86.7 Å². The van der Waals surface area contributed by atoms with Crippen molar-refractivity contribution in [2.24, 2.45) is 5.41 Å². The average Bonchev–Trinajstić information content (AvgIpc) is 3.98. The van der Waals surface area contributed by atoms with E-state index in [1.165, 1.54) is 36.4 Å². The van der Waals surface area contributed by atoms with Crippen LogP contribution >= 0.6 is 0 Å². The van der Waals surface area contributed by atoms with Gasteiger partial charge in [0.2, 0.25) is 0 Å². The Labute approximate surface area is 458 Å². The number of allylic oxidation sites excluding steroid dienone is 7. The third-order valence-corrected chi connectivity index (χ3v) is 12.9. The third-order valence-electron chi connectivity index (χ3n) is 12.9. The third kappa shape index (κ3) is 14.4. The number of rotatable bonds is 15. The zero-order valence-corrected chi connectivity index (χ0v) is 43.0. The van der Waals surface area contributed by atoms with Crippen LogP contribution in [0.1, 0.15) is 94.1 Å². The summed E-state index contributed by atoms with van der Waals surface area (Å²) in [6.07, 6.45) is -19.5. The molecule has 2 aliphatic rings. The Kier molecular flexibility index (Phi) is 18.4. The highest BCUT2D eigenvalue weighted by Crippen LogP contribution is 2.56. The number of halogens is 15. The summed E-state index contributed by atoms with van der Waals surface area (Å²) >= 11 is 0. The molecular weight excluding hydrogens is 1120 g/mol. The van der Waals surface area contributed by atoms with Crippen LogP contribution in [0.2, 0.25) is 0 Å². The van der Waals surface area contributed by atoms with Gasteiger partial charge in [0.15, 0.2) is 11.3 Å². The van der Waals surface area contributed by atoms with Crippen LogP contribution in [0.15, 0.2) is 154 Å². The fourth-order valence-corrected chi connectivity index (χ4v) is 9.12. The van der Waals surface area contributed by atoms with E-state index >= 15 is 13.2 Å². The van der Waals surface area contributed by atoms with Gasteiger partial charge in [-0.15, -0.1) is 0 Å². The van der Waals surface area contributed by atoms with Gasteiger partial charge in [0.1, 0.15) is 30.4 Å². The molecule has 1 heterocycles. The Morgan fingerprint density at radius 1 is 0.659 bits per heavy atom. The van der Waals surface area contributed by atoms with E-state index in [1.807, 2.05) is 13.8 Å². The number of hydrogen-bond acceptors (Lipinski definition) is 9. The van der Waals surface area contributed by atoms with Gasteiger partial charge in [0.25, 0.3) is 5.60 Å². The van der Waals surface area contributed by atoms with Gasteiger partial charge in [-0.05, 0) is 96.0 Å². The van der Waals surface area contributed by atoms with E-state index in [-0.39, 0.29) is 68.8 Å². The molecule has 430 valence electrons. The summed E-state index contributed by atoms with van der Waals surface area (Å²) in [5.41, 5.74) is -13.8. The van der Waals surface area contributed by atoms with Crippen molar-refractivity contribution >= 4 is 23.7 Å². The maximum atomic E-state index is 15.6. The van der Waals surface area contributed by atoms with E-state index in [9.17, 15) is 78.1 Å². The summed E-state index contributed by atoms with van der Waals surface area (Å²) in [4.78, 5) is 27.6. The van der Waals surface area contributed by atoms with Crippen LogP contribution in [0.5, 0.6) is 0 Å². The lowest BCUT2D eigenvalue weighted by Crippen LogP contribution is -2.43. The first-order valence-corrected chi connectivity index (χ1v) is 24.2. The number of carbonyl (C=O) groups excluding carboxylic acids is 2. The number of alkyl halides is 15. The van der Waals surface area contributed by atoms with Crippen molar-refractivity contribution in [3.63, 3.8) is 0 Å². The number of likely N-dealkylation sites (N-methyl/N-ethyl adjacent to an activating group) is 1. The molecule has 0 N–H and O–H groups in total. The Morgan fingerprint density at radius 3 is 1.61 bits per heavy atom. The van der Waals surface area contributed by atoms with Gasteiger partial charge >= 0.3 is 42.8 Å². The molecule has 0 bridgehead atoms. The molecular formula is C58H43F15N4O5. The lowest BCUT2D eigenvalue weighted by molar-refractivity contribution is -0.249. The van der Waals surface area contributed by atoms with E-state index in [4.69, 9.17) is 14.2 Å². The second-order valence-corrected chi connectivity index (χ2v) is 19.2. The Bertz CT molecular complexity index is 3330. The van der Waals surface area contributed by atoms with E-state index in [2.05, 4.69) is 0 Å². The first kappa shape index (κ1) is 62.5. The summed E-state index contributed by atoms with van der Waals surface area (Å²) in [5.74, 6) is -3.92. The molecule has 9 nitrogen and oxygen atoms in total. The monoisotopic (exact) mass is 1160 g/mol. The molecule has 6 rings (SSSR count). The van der Waals surface area contributed by atoms with Crippen LogP contribution in [-0.4, -0.2) is 44.4 Å². The summed E-state index contributed by atoms with van der Waals surface area (Å²) in [5, 5.41) is 29.6. The molecule has 0 fully saturated rings. The lowest BCUT2D eigenvalue weighted by Gasteiger charge is -2.34. The Morgan fingerprint density at radius 2 is 1.16 bits per heavy atom. The van der Waals surface area contributed by atoms with Crippen molar-refractivity contribution < 1.29 is 89.7 Å². The summed E-state index contributed by atoms with van der Waals surface area (Å²) < 4.78 is 225. The largest absolute Gasteiger partial charge is 0.465 e. The predicted molar refractivity (Wildman–Crippen MR) is 265 cm³/mol. The molecule has 1 aliphatic heterocycles. The molecule has 0 amide bonds. The SMILES string of the molecule is CCN(CCOC(=O)c1cc(C(F)(F)F)cc(C(F)(F)F)c1)c1ccc(/C=C/C2=C(CCOC(=O)c3cc(C(F)(F)F)cc(C(F)(F)F)c3)C(=C/C=C/C3=C(C#N)C(=C(C#N)C#N)OC3(c3ccccc3)C(F)(F)F)/CC(C)(C)C2)cc1. The molecule has 24 heteroatoms. The molecule has 0 saturated heterocycles. The summed E-state index contributed by atoms with van der Waals surface area (Å²) in [6, 6.07) is 17.7. The van der Waals surface area contributed by atoms with Crippen molar-refractivity contribution in [2.75, 3.05) is 31.2 Å². The van der Waals surface area contributed by atoms with Crippen molar-refractivity contribution in [1.82, 2.24) is 0 Å². The number of nitrogens with zero attached hydrogens (tertiary/aromatic N) is 4. The van der Waals surface area contributed by atoms with E-state index < -0.39 is 128 Å². The molecule has 4 aromatic carbocycles. The van der Waals surface area contributed by atoms with Gasteiger partial charge in [-0.2, -0.15) is 81.6 Å². The molecule has 0 spiro atoms. The number of ether oxygens (including phenoxy) is 3. The van der Waals surface area contributed by atoms with E-state index in [0.717, 1.165) is 24.3 Å². The number of nitriles is 3. The topological polar surface area (TPSA) is 136 Å². The number of benzene rings is 4. The highest BCUT2D eigenvalue weighted by Gasteiger charge is 2.65. The minimum Gasteiger partial charge on any atom is -0.465 e. The molecule has 1 atom stereocenters. The van der Waals surface area contributed by atoms with E-state index in [0.29, 0.717) is 28.0 Å². The molecule has 1 unspecified atom stereocenters. The molecule has 0 radical (unpaired) electrons. The average molecular weight is 1160 g/mol. The number of carbonyl (C=O) groups is 2. The van der Waals surface area contributed by atoms with Gasteiger partial charge in [0, 0.05) is 29.8 Å². The van der Waals surface area contributed by atoms with Gasteiger partial charge in [0.05, 0.1) is 46.5 Å². The maximum absolute atomic E-state index is 15.6. The number of hydrogen-bond donors (Lipinski definition) is 0. The van der Waals surface area contributed by atoms with Crippen LogP contribution in [0.4, 0.5) is 71.5 Å². The van der Waals surface area contributed by atoms with Gasteiger partial charge in [-0.3, -0.25) is 0 Å². The Hall–Kier alpha value is -8.72. The minimum atomic E-state index is -5.34. The standard InChI is InChI=1S/C58H43F15N4O5/c1-4-77(20-22-81-51(79)38-25-43(56(65,66)67)28-44(26-38)57(68,69)70)45-17-14-34(15-18-45)13-16-36-30-52(2,3)29-35(46(36)19-21-80-50(78)37-23-41(54(59,60)61)27-42(24-37)55(62,63)64)9-8-12-48-47(33-76)49(39(31-74)32-75)82-53(48,58(71,72)73)40-10-6-5-7-11-40/h5-18,23-28H,4,19-22,29-30H2,1-3H3/b12-8+,16-13+,35-9+. The molecule has 0 aromatic heterocycles. The summed E-state index contributed by atoms with van der Waals surface area (Å²) in [7, 11) is 0. The minimum absolute atomic E-state index is 0.0660. The first-order chi connectivity index (χ1) is 38.2. The van der Waals surface area contributed by atoms with Gasteiger partial charge in [-0.25, -0.2) is 9.59 Å². The maximum Gasteiger partial charge on any atom is 0.437 e. The lowest BCUT2D eigenvalue weighted by atomic mass is 9.71. The Balaban J connectivity index is 1.36. The molecule has 82 heavy (non-hydrogen) atoms. The van der Waals surface area contributed by atoms with Gasteiger partial charge < -0.3 is 19.1 Å². The van der Waals surface area contributed by atoms with E-state index in [1.54, 1.807) is 54.3 Å². The van der Waals surface area contributed by atoms with Crippen LogP contribution in [0.25, 0.3) is 6.08 Å². The summed E-state index contributed by atoms with van der Waals surface area (Å²) in [6.45, 7) is 4.46. The number of anilines is 1. The van der Waals surface area contributed by atoms with Crippen molar-refractivity contribution in [3.8, 4) is 18.2 Å². The smallest absolute Gasteiger partial charge is 0.437 e. The van der Waals surface area contributed by atoms with Crippen molar-refractivity contribution in [1.29, 1.82) is 15.8 Å². The fourth-order valence-electron chi connectivity index (χ4n) is 9.12. The predicted octanol–water partition coefficient (Wildman–Crippen LogP) is 15.9.